The van der Waals surface area contributed by atoms with Gasteiger partial charge in [0.15, 0.2) is 0 Å². The first-order valence-corrected chi connectivity index (χ1v) is 11.6. The van der Waals surface area contributed by atoms with Gasteiger partial charge >= 0.3 is 28.4 Å². The van der Waals surface area contributed by atoms with E-state index in [-0.39, 0.29) is 11.5 Å². The fourth-order valence-electron chi connectivity index (χ4n) is 1.98. The quantitative estimate of drug-likeness (QED) is 0.354. The Morgan fingerprint density at radius 2 is 1.13 bits per heavy atom. The summed E-state index contributed by atoms with van der Waals surface area (Å²) in [7, 11) is 0. The maximum absolute atomic E-state index is 8.73. The van der Waals surface area contributed by atoms with Gasteiger partial charge in [0.25, 0.3) is 0 Å². The zero-order valence-corrected chi connectivity index (χ0v) is 21.2. The number of halogens is 2. The summed E-state index contributed by atoms with van der Waals surface area (Å²) in [6, 6.07) is 12.9. The fraction of sp³-hybridized carbons (Fsp3) is 0.160. The molecular formula is C25H26Cl2O2Zr. The number of hydrogen-bond acceptors (Lipinski definition) is 2. The number of hydrogen-bond donors (Lipinski definition) is 2. The number of aromatic hydroxyl groups is 2. The minimum absolute atomic E-state index is 0.206. The van der Waals surface area contributed by atoms with Crippen molar-refractivity contribution in [3.63, 3.8) is 0 Å². The molecule has 156 valence electrons. The van der Waals surface area contributed by atoms with Gasteiger partial charge in [-0.25, -0.2) is 23.3 Å². The third-order valence-corrected chi connectivity index (χ3v) is 3.82. The molecule has 30 heavy (non-hydrogen) atoms. The van der Waals surface area contributed by atoms with E-state index in [2.05, 4.69) is 54.5 Å². The van der Waals surface area contributed by atoms with E-state index < -0.39 is 0 Å². The van der Waals surface area contributed by atoms with Gasteiger partial charge in [-0.2, -0.15) is 12.2 Å². The second-order valence-corrected chi connectivity index (χ2v) is 6.77. The molecule has 2 nitrogen and oxygen atoms in total. The molecule has 0 unspecified atom stereocenters. The van der Waals surface area contributed by atoms with Gasteiger partial charge < -0.3 is 10.2 Å². The third kappa shape index (κ3) is 16.2. The third-order valence-electron chi connectivity index (χ3n) is 3.35. The molecule has 2 aromatic rings. The molecule has 0 aliphatic heterocycles. The van der Waals surface area contributed by atoms with E-state index in [1.807, 2.05) is 0 Å². The zero-order chi connectivity index (χ0) is 22.8. The molecule has 5 heteroatoms. The molecule has 4 rings (SSSR count). The fourth-order valence-corrected chi connectivity index (χ4v) is 2.35. The van der Waals surface area contributed by atoms with E-state index in [9.17, 15) is 0 Å². The summed E-state index contributed by atoms with van der Waals surface area (Å²) in [6.45, 7) is 4.12. The molecule has 0 heterocycles. The second-order valence-electron chi connectivity index (χ2n) is 5.89. The van der Waals surface area contributed by atoms with Crippen molar-refractivity contribution in [2.45, 2.75) is 26.7 Å². The summed E-state index contributed by atoms with van der Waals surface area (Å²) in [4.78, 5) is 0. The molecule has 0 aromatic heterocycles. The van der Waals surface area contributed by atoms with Crippen LogP contribution < -0.4 is 0 Å². The van der Waals surface area contributed by atoms with Crippen LogP contribution in [0.25, 0.3) is 0 Å². The Kier molecular flexibility index (Phi) is 17.1. The predicted octanol–water partition coefficient (Wildman–Crippen LogP) is 7.45. The van der Waals surface area contributed by atoms with E-state index in [4.69, 9.17) is 33.4 Å². The van der Waals surface area contributed by atoms with Crippen molar-refractivity contribution in [1.29, 1.82) is 0 Å². The van der Waals surface area contributed by atoms with E-state index in [0.717, 1.165) is 12.8 Å². The normalized spacial score (nSPS) is 12.5. The van der Waals surface area contributed by atoms with Crippen molar-refractivity contribution >= 4 is 27.4 Å². The number of phenols is 2. The second kappa shape index (κ2) is 18.1. The van der Waals surface area contributed by atoms with Gasteiger partial charge in [-0.1, -0.05) is 49.2 Å². The van der Waals surface area contributed by atoms with Gasteiger partial charge in [0.2, 0.25) is 0 Å². The number of allylic oxidation sites excluding steroid dienone is 8. The summed E-state index contributed by atoms with van der Waals surface area (Å²) in [5.74, 6) is 0.412. The van der Waals surface area contributed by atoms with E-state index in [1.54, 1.807) is 36.4 Å². The predicted molar refractivity (Wildman–Crippen MR) is 126 cm³/mol. The first-order chi connectivity index (χ1) is 14.4. The molecule has 0 saturated heterocycles. The monoisotopic (exact) mass is 518 g/mol. The maximum atomic E-state index is 8.73. The summed E-state index contributed by atoms with van der Waals surface area (Å²) in [5.41, 5.74) is 2.55. The van der Waals surface area contributed by atoms with Gasteiger partial charge in [-0.05, 0) is 36.4 Å². The van der Waals surface area contributed by atoms with Crippen LogP contribution in [0.1, 0.15) is 26.7 Å². The molecule has 0 spiro atoms. The Hall–Kier alpha value is -1.67. The molecule has 0 amide bonds. The summed E-state index contributed by atoms with van der Waals surface area (Å²) >= 11 is 12.3. The average Bonchev–Trinajstić information content (AvgIpc) is 3.38. The van der Waals surface area contributed by atoms with Gasteiger partial charge in [-0.3, -0.25) is 12.2 Å². The van der Waals surface area contributed by atoms with E-state index in [1.165, 1.54) is 47.5 Å². The van der Waals surface area contributed by atoms with Crippen LogP contribution in [0.3, 0.4) is 0 Å². The van der Waals surface area contributed by atoms with Gasteiger partial charge in [0.1, 0.15) is 11.5 Å². The molecule has 2 aliphatic rings. The van der Waals surface area contributed by atoms with Gasteiger partial charge in [-0.15, -0.1) is 12.8 Å². The number of phenolic OH excluding ortho intramolecular Hbond substituents is 2. The van der Waals surface area contributed by atoms with Crippen LogP contribution in [-0.2, 0) is 24.2 Å². The van der Waals surface area contributed by atoms with Crippen LogP contribution in [0.15, 0.2) is 84.0 Å². The SMILES string of the molecule is CC1=[C-]CC=C1.CC1=[C-]CC=C1.Oc1cccc(Cl)c1.Oc1cccc(Cl)c1.[CH2]=[Zr+2]. The van der Waals surface area contributed by atoms with E-state index >= 15 is 0 Å². The Labute approximate surface area is 205 Å². The molecule has 0 bridgehead atoms. The van der Waals surface area contributed by atoms with Crippen molar-refractivity contribution in [3.05, 3.63) is 106 Å². The van der Waals surface area contributed by atoms with Crippen LogP contribution in [0.5, 0.6) is 11.5 Å². The van der Waals surface area contributed by atoms with Crippen molar-refractivity contribution in [3.8, 4) is 11.5 Å². The van der Waals surface area contributed by atoms with Gasteiger partial charge in [0, 0.05) is 10.0 Å². The Morgan fingerprint density at radius 1 is 0.767 bits per heavy atom. The first-order valence-electron chi connectivity index (χ1n) is 9.09. The zero-order valence-electron chi connectivity index (χ0n) is 17.2. The average molecular weight is 521 g/mol. The molecule has 0 atom stereocenters. The van der Waals surface area contributed by atoms with Crippen LogP contribution in [0.2, 0.25) is 10.0 Å². The van der Waals surface area contributed by atoms with E-state index in [0.29, 0.717) is 10.0 Å². The molecule has 0 radical (unpaired) electrons. The van der Waals surface area contributed by atoms with Crippen molar-refractivity contribution in [1.82, 2.24) is 0 Å². The van der Waals surface area contributed by atoms with Crippen LogP contribution in [0, 0.1) is 12.2 Å². The van der Waals surface area contributed by atoms with Crippen molar-refractivity contribution in [2.75, 3.05) is 0 Å². The minimum atomic E-state index is 0.206. The topological polar surface area (TPSA) is 40.5 Å². The Bertz CT molecular complexity index is 759. The van der Waals surface area contributed by atoms with Crippen LogP contribution in [0.4, 0.5) is 0 Å². The summed E-state index contributed by atoms with van der Waals surface area (Å²) in [5, 5.41) is 18.6. The first kappa shape index (κ1) is 28.3. The molecule has 2 N–H and O–H groups in total. The molecule has 0 saturated carbocycles. The van der Waals surface area contributed by atoms with Gasteiger partial charge in [0.05, 0.1) is 0 Å². The molecular weight excluding hydrogens is 494 g/mol. The molecule has 2 aromatic carbocycles. The van der Waals surface area contributed by atoms with Crippen LogP contribution in [-0.4, -0.2) is 14.4 Å². The molecule has 2 aliphatic carbocycles. The van der Waals surface area contributed by atoms with Crippen molar-refractivity contribution < 1.29 is 34.4 Å². The molecule has 0 fully saturated rings. The van der Waals surface area contributed by atoms with Crippen LogP contribution >= 0.6 is 23.2 Å². The summed E-state index contributed by atoms with van der Waals surface area (Å²) in [6.07, 6.45) is 16.7. The summed E-state index contributed by atoms with van der Waals surface area (Å²) < 4.78 is 3.34. The Balaban J connectivity index is 0.000000366. The number of rotatable bonds is 0. The Morgan fingerprint density at radius 3 is 1.27 bits per heavy atom. The number of benzene rings is 2. The van der Waals surface area contributed by atoms with Crippen molar-refractivity contribution in [2.24, 2.45) is 0 Å². The standard InChI is InChI=1S/2C6H5ClO.2C6H7.CH2.Zr/c2*7-5-2-1-3-6(8)4-5;2*1-6-4-2-3-5-6;;/h2*1-4,8H;2*2,4H,3H2,1H3;1H2;/q;;2*-1;;+2.